The van der Waals surface area contributed by atoms with Crippen LogP contribution in [0.4, 0.5) is 0 Å². The highest BCUT2D eigenvalue weighted by Gasteiger charge is 2.11. The Morgan fingerprint density at radius 2 is 1.62 bits per heavy atom. The van der Waals surface area contributed by atoms with Gasteiger partial charge in [0.05, 0.1) is 20.6 Å². The number of methoxy groups -OCH3 is 2. The number of carboxylic acid groups (broad SMARTS) is 3. The lowest BCUT2D eigenvalue weighted by molar-refractivity contribution is -0.159. The van der Waals surface area contributed by atoms with Gasteiger partial charge in [0.25, 0.3) is 0 Å². The number of carboxylic acids is 3. The molecule has 0 fully saturated rings. The van der Waals surface area contributed by atoms with Crippen LogP contribution < -0.4 is 9.47 Å². The zero-order chi connectivity index (χ0) is 18.7. The minimum atomic E-state index is -1.82. The molecule has 1 aromatic carbocycles. The number of hydrogen-bond donors (Lipinski definition) is 3. The van der Waals surface area contributed by atoms with Gasteiger partial charge in [-0.3, -0.25) is 4.79 Å². The summed E-state index contributed by atoms with van der Waals surface area (Å²) >= 11 is 0. The van der Waals surface area contributed by atoms with Crippen LogP contribution in [0.25, 0.3) is 0 Å². The molecule has 0 aliphatic rings. The van der Waals surface area contributed by atoms with Crippen molar-refractivity contribution in [1.29, 1.82) is 0 Å². The number of ether oxygens (including phenoxy) is 2. The van der Waals surface area contributed by atoms with E-state index in [-0.39, 0.29) is 6.42 Å². The quantitative estimate of drug-likeness (QED) is 0.613. The molecule has 1 rings (SSSR count). The van der Waals surface area contributed by atoms with E-state index >= 15 is 0 Å². The molecule has 1 aromatic rings. The van der Waals surface area contributed by atoms with Crippen molar-refractivity contribution in [2.45, 2.75) is 13.0 Å². The van der Waals surface area contributed by atoms with Gasteiger partial charge in [0, 0.05) is 18.7 Å². The minimum absolute atomic E-state index is 0.128. The van der Waals surface area contributed by atoms with Gasteiger partial charge in [-0.1, -0.05) is 12.1 Å². The van der Waals surface area contributed by atoms with Crippen molar-refractivity contribution in [3.63, 3.8) is 0 Å². The molecular formula is C15H21NO8. The van der Waals surface area contributed by atoms with Crippen LogP contribution in [0, 0.1) is 0 Å². The van der Waals surface area contributed by atoms with Crippen molar-refractivity contribution in [2.24, 2.45) is 0 Å². The summed E-state index contributed by atoms with van der Waals surface area (Å²) in [6, 6.07) is 5.67. The van der Waals surface area contributed by atoms with E-state index < -0.39 is 17.9 Å². The van der Waals surface area contributed by atoms with E-state index in [1.54, 1.807) is 14.2 Å². The van der Waals surface area contributed by atoms with Crippen molar-refractivity contribution < 1.29 is 39.2 Å². The first-order chi connectivity index (χ1) is 11.2. The molecule has 0 atom stereocenters. The Labute approximate surface area is 139 Å². The molecule has 0 spiro atoms. The maximum absolute atomic E-state index is 10.5. The molecule has 0 aliphatic carbocycles. The molecule has 0 bridgehead atoms. The van der Waals surface area contributed by atoms with Gasteiger partial charge in [-0.2, -0.15) is 0 Å². The van der Waals surface area contributed by atoms with E-state index in [9.17, 15) is 4.79 Å². The number of para-hydroxylation sites is 1. The molecule has 3 N–H and O–H groups in total. The Hall–Kier alpha value is -2.81. The smallest absolute Gasteiger partial charge is 0.414 e. The highest BCUT2D eigenvalue weighted by Crippen LogP contribution is 2.31. The minimum Gasteiger partial charge on any atom is -0.493 e. The zero-order valence-corrected chi connectivity index (χ0v) is 13.7. The van der Waals surface area contributed by atoms with Crippen molar-refractivity contribution in [1.82, 2.24) is 4.90 Å². The molecule has 0 heterocycles. The van der Waals surface area contributed by atoms with Crippen LogP contribution in [-0.4, -0.2) is 65.9 Å². The maximum atomic E-state index is 10.5. The first-order valence-electron chi connectivity index (χ1n) is 6.79. The standard InChI is InChI=1S/C13H19NO4.C2H2O4/c1-14(8-7-12(15)16)9-10-5-4-6-11(17-2)13(10)18-3;3-1(4)2(5)6/h4-6H,7-9H2,1-3H3,(H,15,16);(H,3,4)(H,5,6). The molecule has 9 heteroatoms. The van der Waals surface area contributed by atoms with Crippen molar-refractivity contribution in [3.05, 3.63) is 23.8 Å². The Kier molecular flexibility index (Phi) is 9.57. The molecule has 0 aromatic heterocycles. The maximum Gasteiger partial charge on any atom is 0.414 e. The third-order valence-corrected chi connectivity index (χ3v) is 2.82. The van der Waals surface area contributed by atoms with Gasteiger partial charge in [0.2, 0.25) is 0 Å². The molecule has 0 saturated heterocycles. The molecule has 0 unspecified atom stereocenters. The second kappa shape index (κ2) is 10.8. The Balaban J connectivity index is 0.000000754. The summed E-state index contributed by atoms with van der Waals surface area (Å²) in [6.07, 6.45) is 0.128. The van der Waals surface area contributed by atoms with Crippen molar-refractivity contribution in [3.8, 4) is 11.5 Å². The molecule has 24 heavy (non-hydrogen) atoms. The van der Waals surface area contributed by atoms with Crippen LogP contribution in [-0.2, 0) is 20.9 Å². The summed E-state index contributed by atoms with van der Waals surface area (Å²) in [5, 5.41) is 23.4. The summed E-state index contributed by atoms with van der Waals surface area (Å²) in [5.74, 6) is -3.06. The number of hydrogen-bond acceptors (Lipinski definition) is 6. The van der Waals surface area contributed by atoms with E-state index in [2.05, 4.69) is 0 Å². The van der Waals surface area contributed by atoms with Gasteiger partial charge < -0.3 is 29.7 Å². The van der Waals surface area contributed by atoms with E-state index in [4.69, 9.17) is 34.4 Å². The predicted octanol–water partition coefficient (Wildman–Crippen LogP) is 0.766. The Morgan fingerprint density at radius 3 is 2.04 bits per heavy atom. The number of aliphatic carboxylic acids is 3. The van der Waals surface area contributed by atoms with Gasteiger partial charge in [-0.25, -0.2) is 9.59 Å². The Morgan fingerprint density at radius 1 is 1.04 bits per heavy atom. The monoisotopic (exact) mass is 343 g/mol. The van der Waals surface area contributed by atoms with Gasteiger partial charge >= 0.3 is 17.9 Å². The molecule has 134 valence electrons. The molecular weight excluding hydrogens is 322 g/mol. The lowest BCUT2D eigenvalue weighted by Gasteiger charge is -2.18. The van der Waals surface area contributed by atoms with Gasteiger partial charge in [0.1, 0.15) is 0 Å². The molecule has 0 radical (unpaired) electrons. The number of benzene rings is 1. The molecule has 0 saturated carbocycles. The summed E-state index contributed by atoms with van der Waals surface area (Å²) in [6.45, 7) is 1.11. The first-order valence-corrected chi connectivity index (χ1v) is 6.79. The average molecular weight is 343 g/mol. The fourth-order valence-corrected chi connectivity index (χ4v) is 1.73. The van der Waals surface area contributed by atoms with E-state index in [0.717, 1.165) is 5.56 Å². The van der Waals surface area contributed by atoms with Crippen LogP contribution in [0.1, 0.15) is 12.0 Å². The number of rotatable bonds is 7. The van der Waals surface area contributed by atoms with Gasteiger partial charge in [-0.05, 0) is 13.1 Å². The van der Waals surface area contributed by atoms with Crippen LogP contribution in [0.3, 0.4) is 0 Å². The van der Waals surface area contributed by atoms with Gasteiger partial charge in [0.15, 0.2) is 11.5 Å². The van der Waals surface area contributed by atoms with Crippen molar-refractivity contribution >= 4 is 17.9 Å². The zero-order valence-electron chi connectivity index (χ0n) is 13.7. The number of carbonyl (C=O) groups is 3. The van der Waals surface area contributed by atoms with Crippen LogP contribution in [0.15, 0.2) is 18.2 Å². The fraction of sp³-hybridized carbons (Fsp3) is 0.400. The SMILES string of the molecule is COc1cccc(CN(C)CCC(=O)O)c1OC.O=C(O)C(=O)O. The average Bonchev–Trinajstić information content (AvgIpc) is 2.53. The lowest BCUT2D eigenvalue weighted by atomic mass is 10.1. The second-order valence-corrected chi connectivity index (χ2v) is 4.64. The van der Waals surface area contributed by atoms with E-state index in [1.165, 1.54) is 0 Å². The highest BCUT2D eigenvalue weighted by molar-refractivity contribution is 6.27. The van der Waals surface area contributed by atoms with Crippen molar-refractivity contribution in [2.75, 3.05) is 27.8 Å². The largest absolute Gasteiger partial charge is 0.493 e. The number of nitrogens with zero attached hydrogens (tertiary/aromatic N) is 1. The fourth-order valence-electron chi connectivity index (χ4n) is 1.73. The molecule has 9 nitrogen and oxygen atoms in total. The lowest BCUT2D eigenvalue weighted by Crippen LogP contribution is -2.21. The second-order valence-electron chi connectivity index (χ2n) is 4.64. The van der Waals surface area contributed by atoms with Crippen LogP contribution in [0.5, 0.6) is 11.5 Å². The third kappa shape index (κ3) is 7.99. The summed E-state index contributed by atoms with van der Waals surface area (Å²) in [5.41, 5.74) is 0.977. The molecule has 0 aliphatic heterocycles. The highest BCUT2D eigenvalue weighted by atomic mass is 16.5. The van der Waals surface area contributed by atoms with E-state index in [0.29, 0.717) is 24.6 Å². The van der Waals surface area contributed by atoms with Crippen LogP contribution in [0.2, 0.25) is 0 Å². The van der Waals surface area contributed by atoms with Gasteiger partial charge in [-0.15, -0.1) is 0 Å². The van der Waals surface area contributed by atoms with Crippen LogP contribution >= 0.6 is 0 Å². The normalized spacial score (nSPS) is 9.67. The Bertz CT molecular complexity index is 561. The topological polar surface area (TPSA) is 134 Å². The summed E-state index contributed by atoms with van der Waals surface area (Å²) in [7, 11) is 5.07. The summed E-state index contributed by atoms with van der Waals surface area (Å²) < 4.78 is 10.5. The van der Waals surface area contributed by atoms with E-state index in [1.807, 2.05) is 30.1 Å². The predicted molar refractivity (Wildman–Crippen MR) is 83.4 cm³/mol. The molecule has 0 amide bonds. The first kappa shape index (κ1) is 21.2. The third-order valence-electron chi connectivity index (χ3n) is 2.82. The summed E-state index contributed by atoms with van der Waals surface area (Å²) in [4.78, 5) is 30.6.